The summed E-state index contributed by atoms with van der Waals surface area (Å²) in [6.45, 7) is 4.27. The van der Waals surface area contributed by atoms with Gasteiger partial charge in [-0.15, -0.1) is 16.4 Å². The number of aromatic nitrogens is 5. The molecular formula is C27H32N6O2S. The van der Waals surface area contributed by atoms with Gasteiger partial charge in [-0.2, -0.15) is 0 Å². The minimum atomic E-state index is -0.388. The van der Waals surface area contributed by atoms with Crippen LogP contribution in [0.5, 0.6) is 0 Å². The van der Waals surface area contributed by atoms with Gasteiger partial charge < -0.3 is 9.72 Å². The number of H-pyrrole nitrogens is 1. The van der Waals surface area contributed by atoms with Crippen LogP contribution in [0.3, 0.4) is 0 Å². The van der Waals surface area contributed by atoms with Crippen LogP contribution in [0.2, 0.25) is 0 Å². The van der Waals surface area contributed by atoms with Gasteiger partial charge >= 0.3 is 0 Å². The molecule has 0 amide bonds. The molecule has 4 aromatic rings. The van der Waals surface area contributed by atoms with Crippen LogP contribution in [-0.4, -0.2) is 49.3 Å². The highest BCUT2D eigenvalue weighted by molar-refractivity contribution is 7.09. The highest BCUT2D eigenvalue weighted by Gasteiger charge is 2.35. The number of tetrazole rings is 1. The summed E-state index contributed by atoms with van der Waals surface area (Å²) in [6.07, 6.45) is 6.71. The predicted octanol–water partition coefficient (Wildman–Crippen LogP) is 4.77. The predicted molar refractivity (Wildman–Crippen MR) is 140 cm³/mol. The van der Waals surface area contributed by atoms with Crippen LogP contribution in [0.25, 0.3) is 10.9 Å². The average Bonchev–Trinajstić information content (AvgIpc) is 3.68. The molecule has 0 bridgehead atoms. The van der Waals surface area contributed by atoms with Crippen molar-refractivity contribution in [2.75, 3.05) is 13.2 Å². The summed E-state index contributed by atoms with van der Waals surface area (Å²) >= 11 is 1.73. The van der Waals surface area contributed by atoms with Gasteiger partial charge in [0.15, 0.2) is 5.82 Å². The molecule has 1 aromatic carbocycles. The van der Waals surface area contributed by atoms with E-state index in [9.17, 15) is 4.79 Å². The summed E-state index contributed by atoms with van der Waals surface area (Å²) < 4.78 is 8.06. The van der Waals surface area contributed by atoms with Crippen molar-refractivity contribution in [2.45, 2.75) is 70.2 Å². The number of nitrogens with one attached hydrogen (secondary N) is 1. The zero-order valence-electron chi connectivity index (χ0n) is 20.6. The summed E-state index contributed by atoms with van der Waals surface area (Å²) in [7, 11) is 0. The molecule has 0 radical (unpaired) electrons. The Labute approximate surface area is 214 Å². The third-order valence-electron chi connectivity index (χ3n) is 7.52. The third-order valence-corrected chi connectivity index (χ3v) is 8.38. The highest BCUT2D eigenvalue weighted by Crippen LogP contribution is 2.35. The van der Waals surface area contributed by atoms with E-state index in [4.69, 9.17) is 4.74 Å². The molecule has 1 saturated carbocycles. The van der Waals surface area contributed by atoms with Gasteiger partial charge in [0.05, 0.1) is 12.1 Å². The number of fused-ring (bicyclic) bond motifs is 1. The fraction of sp³-hybridized carbons (Fsp3) is 0.481. The number of hydrogen-bond donors (Lipinski definition) is 1. The normalized spacial score (nSPS) is 19.6. The van der Waals surface area contributed by atoms with Crippen molar-refractivity contribution >= 4 is 22.2 Å². The Hall–Kier alpha value is -2.88. The van der Waals surface area contributed by atoms with E-state index in [1.807, 2.05) is 22.9 Å². The summed E-state index contributed by atoms with van der Waals surface area (Å²) in [4.78, 5) is 20.4. The maximum absolute atomic E-state index is 13.6. The molecule has 3 aromatic heterocycles. The van der Waals surface area contributed by atoms with E-state index in [1.165, 1.54) is 17.7 Å². The van der Waals surface area contributed by atoms with Crippen LogP contribution in [0.4, 0.5) is 0 Å². The number of aromatic amines is 1. The molecule has 1 aliphatic heterocycles. The van der Waals surface area contributed by atoms with Gasteiger partial charge in [-0.05, 0) is 78.1 Å². The second kappa shape index (κ2) is 10.2. The number of nitrogens with zero attached hydrogens (tertiary/aromatic N) is 5. The maximum Gasteiger partial charge on any atom is 0.253 e. The van der Waals surface area contributed by atoms with Crippen LogP contribution in [-0.2, 0) is 11.3 Å². The van der Waals surface area contributed by atoms with E-state index in [2.05, 4.69) is 55.9 Å². The van der Waals surface area contributed by atoms with Gasteiger partial charge in [-0.25, -0.2) is 4.68 Å². The lowest BCUT2D eigenvalue weighted by atomic mass is 10.0. The van der Waals surface area contributed by atoms with Crippen LogP contribution >= 0.6 is 11.3 Å². The second-order valence-electron chi connectivity index (χ2n) is 10.1. The molecular weight excluding hydrogens is 472 g/mol. The van der Waals surface area contributed by atoms with Gasteiger partial charge in [0, 0.05) is 35.7 Å². The lowest BCUT2D eigenvalue weighted by molar-refractivity contribution is 0.0574. The SMILES string of the molecule is Cc1ccc2[nH]c(=O)c([C@H](c3nnnn3C3CCCC3)N(Cc3cccs3)C[C@@H]3CCCO3)cc2c1. The molecule has 9 heteroatoms. The number of thiophene rings is 1. The Bertz CT molecular complexity index is 1370. The molecule has 2 aliphatic rings. The van der Waals surface area contributed by atoms with Gasteiger partial charge in [0.2, 0.25) is 0 Å². The van der Waals surface area contributed by atoms with Crippen molar-refractivity contribution in [1.29, 1.82) is 0 Å². The lowest BCUT2D eigenvalue weighted by Crippen LogP contribution is -2.39. The first-order valence-electron chi connectivity index (χ1n) is 12.9. The first-order valence-corrected chi connectivity index (χ1v) is 13.8. The van der Waals surface area contributed by atoms with E-state index >= 15 is 0 Å². The molecule has 4 heterocycles. The monoisotopic (exact) mass is 504 g/mol. The molecule has 2 atom stereocenters. The fourth-order valence-corrected chi connectivity index (χ4v) is 6.48. The van der Waals surface area contributed by atoms with Crippen molar-refractivity contribution in [3.8, 4) is 0 Å². The zero-order chi connectivity index (χ0) is 24.5. The van der Waals surface area contributed by atoms with E-state index in [0.717, 1.165) is 54.6 Å². The third kappa shape index (κ3) is 4.75. The van der Waals surface area contributed by atoms with Crippen molar-refractivity contribution in [1.82, 2.24) is 30.1 Å². The number of hydrogen-bond acceptors (Lipinski definition) is 7. The number of pyridine rings is 1. The number of ether oxygens (including phenoxy) is 1. The number of benzene rings is 1. The van der Waals surface area contributed by atoms with Crippen molar-refractivity contribution in [3.05, 3.63) is 74.0 Å². The summed E-state index contributed by atoms with van der Waals surface area (Å²) in [6, 6.07) is 12.3. The maximum atomic E-state index is 13.6. The topological polar surface area (TPSA) is 88.9 Å². The summed E-state index contributed by atoms with van der Waals surface area (Å²) in [5, 5.41) is 16.3. The number of rotatable bonds is 8. The van der Waals surface area contributed by atoms with Crippen LogP contribution < -0.4 is 5.56 Å². The average molecular weight is 505 g/mol. The van der Waals surface area contributed by atoms with E-state index in [1.54, 1.807) is 11.3 Å². The molecule has 2 fully saturated rings. The molecule has 0 spiro atoms. The minimum absolute atomic E-state index is 0.0964. The Morgan fingerprint density at radius 1 is 1.19 bits per heavy atom. The van der Waals surface area contributed by atoms with E-state index < -0.39 is 0 Å². The highest BCUT2D eigenvalue weighted by atomic mass is 32.1. The molecule has 0 unspecified atom stereocenters. The number of aryl methyl sites for hydroxylation is 1. The van der Waals surface area contributed by atoms with Gasteiger partial charge in [-0.1, -0.05) is 30.5 Å². The fourth-order valence-electron chi connectivity index (χ4n) is 5.75. The van der Waals surface area contributed by atoms with Crippen molar-refractivity contribution in [2.24, 2.45) is 0 Å². The van der Waals surface area contributed by atoms with E-state index in [0.29, 0.717) is 18.7 Å². The lowest BCUT2D eigenvalue weighted by Gasteiger charge is -2.33. The molecule has 1 saturated heterocycles. The molecule has 1 N–H and O–H groups in total. The Morgan fingerprint density at radius 3 is 2.86 bits per heavy atom. The zero-order valence-corrected chi connectivity index (χ0v) is 21.4. The van der Waals surface area contributed by atoms with E-state index in [-0.39, 0.29) is 23.7 Å². The van der Waals surface area contributed by atoms with Crippen molar-refractivity contribution in [3.63, 3.8) is 0 Å². The quantitative estimate of drug-likeness (QED) is 0.372. The standard InChI is InChI=1S/C27H32N6O2S/c1-18-10-11-24-19(14-18)15-23(27(34)28-24)25(26-29-30-31-33(26)20-6-2-3-7-20)32(16-21-8-4-12-35-21)17-22-9-5-13-36-22/h5,9-11,13-15,20-21,25H,2-4,6-8,12,16-17H2,1H3,(H,28,34)/t21-,25+/m0/s1. The first-order chi connectivity index (χ1) is 17.7. The molecule has 6 rings (SSSR count). The Kier molecular flexibility index (Phi) is 6.69. The molecule has 36 heavy (non-hydrogen) atoms. The summed E-state index contributed by atoms with van der Waals surface area (Å²) in [5.74, 6) is 0.744. The first kappa shape index (κ1) is 23.5. The van der Waals surface area contributed by atoms with Gasteiger partial charge in [-0.3, -0.25) is 9.69 Å². The minimum Gasteiger partial charge on any atom is -0.377 e. The van der Waals surface area contributed by atoms with Gasteiger partial charge in [0.1, 0.15) is 6.04 Å². The molecule has 8 nitrogen and oxygen atoms in total. The van der Waals surface area contributed by atoms with Crippen LogP contribution in [0.15, 0.2) is 46.6 Å². The smallest absolute Gasteiger partial charge is 0.253 e. The van der Waals surface area contributed by atoms with Gasteiger partial charge in [0.25, 0.3) is 5.56 Å². The summed E-state index contributed by atoms with van der Waals surface area (Å²) in [5.41, 5.74) is 2.58. The molecule has 1 aliphatic carbocycles. The molecule has 188 valence electrons. The van der Waals surface area contributed by atoms with Crippen molar-refractivity contribution < 1.29 is 4.74 Å². The Balaban J connectivity index is 1.50. The second-order valence-corrected chi connectivity index (χ2v) is 11.1. The van der Waals surface area contributed by atoms with Crippen LogP contribution in [0.1, 0.15) is 72.4 Å². The van der Waals surface area contributed by atoms with Crippen LogP contribution in [0, 0.1) is 6.92 Å². The Morgan fingerprint density at radius 2 is 2.08 bits per heavy atom. The largest absolute Gasteiger partial charge is 0.377 e.